The molecule has 3 aliphatic rings. The Morgan fingerprint density at radius 3 is 2.65 bits per heavy atom. The average molecular weight is 323 g/mol. The van der Waals surface area contributed by atoms with Gasteiger partial charge in [-0.15, -0.1) is 0 Å². The molecule has 6 heteroatoms. The van der Waals surface area contributed by atoms with Gasteiger partial charge in [-0.2, -0.15) is 0 Å². The minimum absolute atomic E-state index is 0.0462. The molecule has 0 spiro atoms. The lowest BCUT2D eigenvalue weighted by Crippen LogP contribution is -2.43. The Morgan fingerprint density at radius 2 is 1.91 bits per heavy atom. The van der Waals surface area contributed by atoms with Crippen molar-refractivity contribution in [1.82, 2.24) is 15.1 Å². The molecule has 130 valence electrons. The van der Waals surface area contributed by atoms with Crippen LogP contribution in [-0.4, -0.2) is 73.6 Å². The molecular formula is C17H29N3O3. The van der Waals surface area contributed by atoms with Gasteiger partial charge >= 0.3 is 0 Å². The number of amides is 2. The van der Waals surface area contributed by atoms with E-state index in [0.29, 0.717) is 25.6 Å². The highest BCUT2D eigenvalue weighted by Crippen LogP contribution is 2.28. The van der Waals surface area contributed by atoms with E-state index in [9.17, 15) is 9.59 Å². The number of morpholine rings is 1. The molecule has 2 heterocycles. The van der Waals surface area contributed by atoms with Gasteiger partial charge in [-0.1, -0.05) is 19.3 Å². The van der Waals surface area contributed by atoms with Crippen LogP contribution in [-0.2, 0) is 14.3 Å². The molecule has 23 heavy (non-hydrogen) atoms. The fraction of sp³-hybridized carbons (Fsp3) is 0.882. The number of nitrogens with zero attached hydrogens (tertiary/aromatic N) is 2. The number of nitrogens with one attached hydrogen (secondary N) is 1. The summed E-state index contributed by atoms with van der Waals surface area (Å²) in [6, 6.07) is 0.377. The van der Waals surface area contributed by atoms with E-state index in [4.69, 9.17) is 4.74 Å². The van der Waals surface area contributed by atoms with Gasteiger partial charge in [-0.3, -0.25) is 14.5 Å². The van der Waals surface area contributed by atoms with Crippen LogP contribution in [0.25, 0.3) is 0 Å². The van der Waals surface area contributed by atoms with Crippen LogP contribution in [0.3, 0.4) is 0 Å². The smallest absolute Gasteiger partial charge is 0.225 e. The number of carbonyl (C=O) groups is 2. The van der Waals surface area contributed by atoms with Crippen LogP contribution in [0.4, 0.5) is 0 Å². The zero-order valence-electron chi connectivity index (χ0n) is 14.0. The molecule has 2 saturated heterocycles. The Labute approximate surface area is 138 Å². The molecule has 2 aliphatic heterocycles. The zero-order valence-corrected chi connectivity index (χ0v) is 14.0. The Kier molecular flexibility index (Phi) is 5.89. The van der Waals surface area contributed by atoms with Crippen molar-refractivity contribution in [1.29, 1.82) is 0 Å². The molecule has 0 aromatic heterocycles. The van der Waals surface area contributed by atoms with Crippen molar-refractivity contribution in [2.45, 2.75) is 44.6 Å². The van der Waals surface area contributed by atoms with E-state index in [2.05, 4.69) is 10.2 Å². The van der Waals surface area contributed by atoms with Crippen molar-refractivity contribution in [3.63, 3.8) is 0 Å². The Morgan fingerprint density at radius 1 is 1.17 bits per heavy atom. The average Bonchev–Trinajstić information content (AvgIpc) is 2.98. The van der Waals surface area contributed by atoms with Gasteiger partial charge in [0.05, 0.1) is 19.1 Å². The second-order valence-corrected chi connectivity index (χ2v) is 6.98. The summed E-state index contributed by atoms with van der Waals surface area (Å²) in [6.07, 6.45) is 6.31. The van der Waals surface area contributed by atoms with Crippen LogP contribution in [0.1, 0.15) is 38.5 Å². The van der Waals surface area contributed by atoms with Gasteiger partial charge in [0.2, 0.25) is 11.8 Å². The molecule has 3 fully saturated rings. The summed E-state index contributed by atoms with van der Waals surface area (Å²) in [5.41, 5.74) is 0. The lowest BCUT2D eigenvalue weighted by molar-refractivity contribution is -0.130. The van der Waals surface area contributed by atoms with Gasteiger partial charge in [0.15, 0.2) is 0 Å². The van der Waals surface area contributed by atoms with Gasteiger partial charge in [-0.25, -0.2) is 0 Å². The first-order valence-corrected chi connectivity index (χ1v) is 9.11. The summed E-state index contributed by atoms with van der Waals surface area (Å²) >= 11 is 0. The summed E-state index contributed by atoms with van der Waals surface area (Å²) in [6.45, 7) is 5.57. The molecule has 3 rings (SSSR count). The Bertz CT molecular complexity index is 417. The third-order valence-electron chi connectivity index (χ3n) is 5.38. The number of rotatable bonds is 5. The largest absolute Gasteiger partial charge is 0.379 e. The predicted octanol–water partition coefficient (Wildman–Crippen LogP) is 0.616. The lowest BCUT2D eigenvalue weighted by Gasteiger charge is -2.31. The van der Waals surface area contributed by atoms with Crippen LogP contribution in [0, 0.1) is 5.92 Å². The highest BCUT2D eigenvalue weighted by Gasteiger charge is 2.37. The first kappa shape index (κ1) is 16.7. The minimum Gasteiger partial charge on any atom is -0.379 e. The van der Waals surface area contributed by atoms with E-state index < -0.39 is 0 Å². The van der Waals surface area contributed by atoms with Crippen LogP contribution in [0.5, 0.6) is 0 Å². The van der Waals surface area contributed by atoms with Crippen molar-refractivity contribution in [2.75, 3.05) is 45.9 Å². The maximum absolute atomic E-state index is 12.3. The van der Waals surface area contributed by atoms with E-state index in [-0.39, 0.29) is 17.7 Å². The molecule has 0 radical (unpaired) electrons. The van der Waals surface area contributed by atoms with Gasteiger partial charge in [-0.05, 0) is 12.8 Å². The van der Waals surface area contributed by atoms with Gasteiger partial charge in [0.25, 0.3) is 0 Å². The molecule has 6 nitrogen and oxygen atoms in total. The van der Waals surface area contributed by atoms with E-state index in [1.54, 1.807) is 0 Å². The lowest BCUT2D eigenvalue weighted by atomic mass is 9.94. The van der Waals surface area contributed by atoms with E-state index in [1.165, 1.54) is 19.3 Å². The quantitative estimate of drug-likeness (QED) is 0.805. The molecule has 0 aromatic rings. The monoisotopic (exact) mass is 323 g/mol. The van der Waals surface area contributed by atoms with Crippen molar-refractivity contribution in [3.8, 4) is 0 Å². The van der Waals surface area contributed by atoms with E-state index >= 15 is 0 Å². The number of ether oxygens (including phenoxy) is 1. The summed E-state index contributed by atoms with van der Waals surface area (Å²) < 4.78 is 5.32. The standard InChI is InChI=1S/C17H29N3O3/c21-16-12-14(13-20(16)15-4-2-1-3-5-15)17(22)18-6-7-19-8-10-23-11-9-19/h14-15H,1-13H2,(H,18,22)/t14-/m0/s1. The van der Waals surface area contributed by atoms with Crippen LogP contribution < -0.4 is 5.32 Å². The minimum atomic E-state index is -0.158. The maximum atomic E-state index is 12.3. The third-order valence-corrected chi connectivity index (χ3v) is 5.38. The number of hydrogen-bond acceptors (Lipinski definition) is 4. The van der Waals surface area contributed by atoms with Crippen molar-refractivity contribution < 1.29 is 14.3 Å². The highest BCUT2D eigenvalue weighted by atomic mass is 16.5. The maximum Gasteiger partial charge on any atom is 0.225 e. The fourth-order valence-corrected chi connectivity index (χ4v) is 3.96. The Hall–Kier alpha value is -1.14. The van der Waals surface area contributed by atoms with Crippen molar-refractivity contribution in [3.05, 3.63) is 0 Å². The van der Waals surface area contributed by atoms with E-state index in [0.717, 1.165) is 45.7 Å². The molecule has 1 N–H and O–H groups in total. The van der Waals surface area contributed by atoms with Crippen LogP contribution >= 0.6 is 0 Å². The van der Waals surface area contributed by atoms with Crippen molar-refractivity contribution >= 4 is 11.8 Å². The Balaban J connectivity index is 1.40. The molecule has 2 amide bonds. The normalized spacial score (nSPS) is 27.4. The van der Waals surface area contributed by atoms with Crippen LogP contribution in [0.15, 0.2) is 0 Å². The summed E-state index contributed by atoms with van der Waals surface area (Å²) in [4.78, 5) is 28.8. The fourth-order valence-electron chi connectivity index (χ4n) is 3.96. The van der Waals surface area contributed by atoms with Crippen molar-refractivity contribution in [2.24, 2.45) is 5.92 Å². The molecule has 1 saturated carbocycles. The summed E-state index contributed by atoms with van der Waals surface area (Å²) in [5.74, 6) is 0.0595. The number of carbonyl (C=O) groups excluding carboxylic acids is 2. The third kappa shape index (κ3) is 4.44. The van der Waals surface area contributed by atoms with E-state index in [1.807, 2.05) is 4.90 Å². The molecular weight excluding hydrogens is 294 g/mol. The summed E-state index contributed by atoms with van der Waals surface area (Å²) in [5, 5.41) is 3.02. The SMILES string of the molecule is O=C(NCCN1CCOCC1)[C@H]1CC(=O)N(C2CCCCC2)C1. The summed E-state index contributed by atoms with van der Waals surface area (Å²) in [7, 11) is 0. The predicted molar refractivity (Wildman–Crippen MR) is 87.0 cm³/mol. The molecule has 0 aromatic carbocycles. The second-order valence-electron chi connectivity index (χ2n) is 6.98. The van der Waals surface area contributed by atoms with Gasteiger partial charge < -0.3 is 15.0 Å². The molecule has 1 atom stereocenters. The molecule has 0 unspecified atom stereocenters. The number of likely N-dealkylation sites (tertiary alicyclic amines) is 1. The topological polar surface area (TPSA) is 61.9 Å². The first-order valence-electron chi connectivity index (χ1n) is 9.11. The molecule has 1 aliphatic carbocycles. The van der Waals surface area contributed by atoms with Gasteiger partial charge in [0.1, 0.15) is 0 Å². The first-order chi connectivity index (χ1) is 11.2. The zero-order chi connectivity index (χ0) is 16.1. The van der Waals surface area contributed by atoms with Crippen LogP contribution in [0.2, 0.25) is 0 Å². The number of hydrogen-bond donors (Lipinski definition) is 1. The van der Waals surface area contributed by atoms with Gasteiger partial charge in [0, 0.05) is 45.2 Å². The highest BCUT2D eigenvalue weighted by molar-refractivity contribution is 5.89. The second kappa shape index (κ2) is 8.11. The molecule has 0 bridgehead atoms.